The minimum Gasteiger partial charge on any atom is -0.326 e. The van der Waals surface area contributed by atoms with Gasteiger partial charge in [0.15, 0.2) is 0 Å². The molecule has 1 unspecified atom stereocenters. The summed E-state index contributed by atoms with van der Waals surface area (Å²) >= 11 is 0. The van der Waals surface area contributed by atoms with Crippen LogP contribution in [0.5, 0.6) is 0 Å². The smallest absolute Gasteiger partial charge is 0.230 e. The lowest BCUT2D eigenvalue weighted by Gasteiger charge is -2.27. The van der Waals surface area contributed by atoms with Crippen LogP contribution in [-0.4, -0.2) is 11.9 Å². The van der Waals surface area contributed by atoms with Crippen molar-refractivity contribution in [1.29, 1.82) is 0 Å². The molecule has 3 heteroatoms. The van der Waals surface area contributed by atoms with Crippen LogP contribution in [0.25, 0.3) is 0 Å². The second-order valence-corrected chi connectivity index (χ2v) is 5.84. The molecule has 0 bridgehead atoms. The van der Waals surface area contributed by atoms with Crippen LogP contribution in [-0.2, 0) is 11.3 Å². The van der Waals surface area contributed by atoms with E-state index >= 15 is 0 Å². The highest BCUT2D eigenvalue weighted by atomic mass is 16.2. The highest BCUT2D eigenvalue weighted by Gasteiger charge is 2.36. The maximum absolute atomic E-state index is 12.6. The second-order valence-electron chi connectivity index (χ2n) is 5.84. The molecule has 104 valence electrons. The molecule has 0 spiro atoms. The molecule has 0 heterocycles. The maximum Gasteiger partial charge on any atom is 0.230 e. The van der Waals surface area contributed by atoms with Crippen molar-refractivity contribution in [2.24, 2.45) is 17.6 Å². The third kappa shape index (κ3) is 3.16. The lowest BCUT2D eigenvalue weighted by atomic mass is 9.96. The van der Waals surface area contributed by atoms with Gasteiger partial charge in [-0.05, 0) is 36.5 Å². The third-order valence-corrected chi connectivity index (χ3v) is 3.99. The summed E-state index contributed by atoms with van der Waals surface area (Å²) in [6.07, 6.45) is 2.24. The number of carbonyl (C=O) groups is 1. The molecule has 1 aliphatic carbocycles. The zero-order chi connectivity index (χ0) is 14.0. The number of anilines is 1. The van der Waals surface area contributed by atoms with Gasteiger partial charge in [0.2, 0.25) is 5.91 Å². The summed E-state index contributed by atoms with van der Waals surface area (Å²) in [6, 6.07) is 8.46. The summed E-state index contributed by atoms with van der Waals surface area (Å²) in [4.78, 5) is 14.6. The Balaban J connectivity index is 2.22. The van der Waals surface area contributed by atoms with Crippen molar-refractivity contribution in [3.05, 3.63) is 29.8 Å². The first-order valence-corrected chi connectivity index (χ1v) is 7.16. The summed E-state index contributed by atoms with van der Waals surface area (Å²) < 4.78 is 0. The van der Waals surface area contributed by atoms with Gasteiger partial charge in [-0.15, -0.1) is 0 Å². The van der Waals surface area contributed by atoms with Crippen molar-refractivity contribution in [3.8, 4) is 0 Å². The number of hydrogen-bond donors (Lipinski definition) is 1. The monoisotopic (exact) mass is 260 g/mol. The van der Waals surface area contributed by atoms with E-state index in [-0.39, 0.29) is 11.8 Å². The van der Waals surface area contributed by atoms with E-state index in [1.807, 2.05) is 36.1 Å². The molecule has 3 nitrogen and oxygen atoms in total. The summed E-state index contributed by atoms with van der Waals surface area (Å²) in [5.74, 6) is 0.685. The number of hydrogen-bond acceptors (Lipinski definition) is 2. The molecule has 1 aliphatic rings. The molecule has 2 rings (SSSR count). The Labute approximate surface area is 115 Å². The van der Waals surface area contributed by atoms with Crippen molar-refractivity contribution >= 4 is 11.6 Å². The first-order valence-electron chi connectivity index (χ1n) is 7.16. The summed E-state index contributed by atoms with van der Waals surface area (Å²) in [5.41, 5.74) is 7.73. The SMILES string of the molecule is CC(C)C(C)C(=O)N(c1ccc(CN)cc1)C1CC1. The zero-order valence-electron chi connectivity index (χ0n) is 12.1. The van der Waals surface area contributed by atoms with Crippen molar-refractivity contribution in [2.45, 2.75) is 46.2 Å². The normalized spacial score (nSPS) is 16.5. The minimum absolute atomic E-state index is 0.0646. The fraction of sp³-hybridized carbons (Fsp3) is 0.562. The Morgan fingerprint density at radius 3 is 2.26 bits per heavy atom. The summed E-state index contributed by atoms with van der Waals surface area (Å²) in [5, 5.41) is 0. The van der Waals surface area contributed by atoms with E-state index in [0.29, 0.717) is 18.5 Å². The van der Waals surface area contributed by atoms with Gasteiger partial charge in [-0.2, -0.15) is 0 Å². The Kier molecular flexibility index (Phi) is 4.25. The molecular formula is C16H24N2O. The minimum atomic E-state index is 0.0646. The van der Waals surface area contributed by atoms with Gasteiger partial charge in [0.1, 0.15) is 0 Å². The maximum atomic E-state index is 12.6. The highest BCUT2D eigenvalue weighted by Crippen LogP contribution is 2.34. The number of nitrogens with zero attached hydrogens (tertiary/aromatic N) is 1. The first-order chi connectivity index (χ1) is 9.04. The standard InChI is InChI=1S/C16H24N2O/c1-11(2)12(3)16(19)18(15-8-9-15)14-6-4-13(10-17)5-7-14/h4-7,11-12,15H,8-10,17H2,1-3H3. The van der Waals surface area contributed by atoms with Gasteiger partial charge in [0.25, 0.3) is 0 Å². The molecule has 0 aromatic heterocycles. The lowest BCUT2D eigenvalue weighted by molar-refractivity contribution is -0.123. The van der Waals surface area contributed by atoms with E-state index in [0.717, 1.165) is 24.1 Å². The fourth-order valence-corrected chi connectivity index (χ4v) is 2.15. The fourth-order valence-electron chi connectivity index (χ4n) is 2.15. The largest absolute Gasteiger partial charge is 0.326 e. The van der Waals surface area contributed by atoms with E-state index in [1.54, 1.807) is 0 Å². The average molecular weight is 260 g/mol. The molecule has 0 radical (unpaired) electrons. The third-order valence-electron chi connectivity index (χ3n) is 3.99. The van der Waals surface area contributed by atoms with Gasteiger partial charge >= 0.3 is 0 Å². The predicted molar refractivity (Wildman–Crippen MR) is 78.8 cm³/mol. The molecule has 2 N–H and O–H groups in total. The van der Waals surface area contributed by atoms with Crippen LogP contribution in [0.2, 0.25) is 0 Å². The lowest BCUT2D eigenvalue weighted by Crippen LogP contribution is -2.38. The van der Waals surface area contributed by atoms with Crippen LogP contribution in [0, 0.1) is 11.8 Å². The number of amides is 1. The quantitative estimate of drug-likeness (QED) is 0.884. The van der Waals surface area contributed by atoms with Crippen LogP contribution in [0.3, 0.4) is 0 Å². The van der Waals surface area contributed by atoms with Crippen molar-refractivity contribution in [1.82, 2.24) is 0 Å². The molecule has 1 aromatic carbocycles. The average Bonchev–Trinajstić information content (AvgIpc) is 3.23. The first kappa shape index (κ1) is 14.1. The Morgan fingerprint density at radius 1 is 1.26 bits per heavy atom. The van der Waals surface area contributed by atoms with Crippen LogP contribution in [0.1, 0.15) is 39.2 Å². The summed E-state index contributed by atoms with van der Waals surface area (Å²) in [6.45, 7) is 6.77. The van der Waals surface area contributed by atoms with Crippen molar-refractivity contribution in [3.63, 3.8) is 0 Å². The molecule has 1 amide bonds. The zero-order valence-corrected chi connectivity index (χ0v) is 12.1. The van der Waals surface area contributed by atoms with E-state index < -0.39 is 0 Å². The number of benzene rings is 1. The molecule has 0 saturated heterocycles. The van der Waals surface area contributed by atoms with E-state index in [1.165, 1.54) is 0 Å². The molecule has 19 heavy (non-hydrogen) atoms. The van der Waals surface area contributed by atoms with Crippen LogP contribution in [0.15, 0.2) is 24.3 Å². The molecule has 1 atom stereocenters. The molecule has 0 aliphatic heterocycles. The van der Waals surface area contributed by atoms with Gasteiger partial charge in [0, 0.05) is 24.2 Å². The molecule has 1 saturated carbocycles. The van der Waals surface area contributed by atoms with Crippen LogP contribution in [0.4, 0.5) is 5.69 Å². The number of nitrogens with two attached hydrogens (primary N) is 1. The van der Waals surface area contributed by atoms with E-state index in [2.05, 4.69) is 13.8 Å². The highest BCUT2D eigenvalue weighted by molar-refractivity contribution is 5.96. The van der Waals surface area contributed by atoms with Gasteiger partial charge in [-0.3, -0.25) is 4.79 Å². The Morgan fingerprint density at radius 2 is 1.84 bits per heavy atom. The molecule has 1 fully saturated rings. The Hall–Kier alpha value is -1.35. The number of carbonyl (C=O) groups excluding carboxylic acids is 1. The summed E-state index contributed by atoms with van der Waals surface area (Å²) in [7, 11) is 0. The van der Waals surface area contributed by atoms with Gasteiger partial charge in [-0.1, -0.05) is 32.9 Å². The van der Waals surface area contributed by atoms with Gasteiger partial charge in [-0.25, -0.2) is 0 Å². The van der Waals surface area contributed by atoms with Crippen molar-refractivity contribution < 1.29 is 4.79 Å². The topological polar surface area (TPSA) is 46.3 Å². The molecule has 1 aromatic rings. The number of rotatable bonds is 5. The van der Waals surface area contributed by atoms with Gasteiger partial charge in [0.05, 0.1) is 0 Å². The van der Waals surface area contributed by atoms with Gasteiger partial charge < -0.3 is 10.6 Å². The van der Waals surface area contributed by atoms with E-state index in [9.17, 15) is 4.79 Å². The molecular weight excluding hydrogens is 236 g/mol. The Bertz CT molecular complexity index is 435. The van der Waals surface area contributed by atoms with Crippen LogP contribution < -0.4 is 10.6 Å². The predicted octanol–water partition coefficient (Wildman–Crippen LogP) is 2.93. The second kappa shape index (κ2) is 5.74. The van der Waals surface area contributed by atoms with E-state index in [4.69, 9.17) is 5.73 Å². The van der Waals surface area contributed by atoms with Crippen molar-refractivity contribution in [2.75, 3.05) is 4.90 Å². The van der Waals surface area contributed by atoms with Crippen LogP contribution >= 0.6 is 0 Å².